The first-order valence-corrected chi connectivity index (χ1v) is 8.85. The Morgan fingerprint density at radius 2 is 1.96 bits per heavy atom. The third kappa shape index (κ3) is 2.83. The summed E-state index contributed by atoms with van der Waals surface area (Å²) >= 11 is 0. The molecule has 136 valence electrons. The molecule has 1 amide bonds. The van der Waals surface area contributed by atoms with E-state index in [0.29, 0.717) is 25.2 Å². The van der Waals surface area contributed by atoms with E-state index in [4.69, 9.17) is 9.84 Å². The molecule has 0 radical (unpaired) electrons. The van der Waals surface area contributed by atoms with Crippen molar-refractivity contribution in [1.29, 1.82) is 0 Å². The van der Waals surface area contributed by atoms with Gasteiger partial charge in [-0.15, -0.1) is 0 Å². The summed E-state index contributed by atoms with van der Waals surface area (Å²) in [5.74, 6) is -0.128. The van der Waals surface area contributed by atoms with Gasteiger partial charge in [0.05, 0.1) is 17.9 Å². The standard InChI is InChI=1S/C19H21N3O4/c1-12-15(19(24)25)11-20-22(12)14-6-8-21(9-7-14)18(23)17-10-13-4-2-3-5-16(13)26-17/h2-5,11,14,17H,6-10H2,1H3,(H,24,25). The van der Waals surface area contributed by atoms with Crippen LogP contribution in [0.1, 0.15) is 40.5 Å². The average molecular weight is 355 g/mol. The lowest BCUT2D eigenvalue weighted by Gasteiger charge is -2.33. The van der Waals surface area contributed by atoms with Crippen molar-refractivity contribution in [2.75, 3.05) is 13.1 Å². The second-order valence-corrected chi connectivity index (χ2v) is 6.87. The molecule has 7 nitrogen and oxygen atoms in total. The van der Waals surface area contributed by atoms with Gasteiger partial charge in [0, 0.05) is 19.5 Å². The number of rotatable bonds is 3. The fourth-order valence-electron chi connectivity index (χ4n) is 3.86. The van der Waals surface area contributed by atoms with Crippen LogP contribution in [0.2, 0.25) is 0 Å². The number of carboxylic acids is 1. The van der Waals surface area contributed by atoms with Crippen LogP contribution in [0, 0.1) is 6.92 Å². The first-order chi connectivity index (χ1) is 12.5. The predicted octanol–water partition coefficient (Wildman–Crippen LogP) is 2.06. The second-order valence-electron chi connectivity index (χ2n) is 6.87. The number of hydrogen-bond donors (Lipinski definition) is 1. The molecule has 2 aromatic rings. The van der Waals surface area contributed by atoms with Gasteiger partial charge in [-0.25, -0.2) is 4.79 Å². The Bertz CT molecular complexity index is 827. The molecule has 0 aliphatic carbocycles. The summed E-state index contributed by atoms with van der Waals surface area (Å²) in [5, 5.41) is 13.4. The van der Waals surface area contributed by atoms with Gasteiger partial charge in [-0.05, 0) is 31.4 Å². The number of aromatic nitrogens is 2. The van der Waals surface area contributed by atoms with E-state index in [1.165, 1.54) is 6.20 Å². The molecule has 3 heterocycles. The van der Waals surface area contributed by atoms with Crippen molar-refractivity contribution in [1.82, 2.24) is 14.7 Å². The van der Waals surface area contributed by atoms with E-state index in [1.54, 1.807) is 11.6 Å². The predicted molar refractivity (Wildman–Crippen MR) is 93.3 cm³/mol. The first kappa shape index (κ1) is 16.6. The van der Waals surface area contributed by atoms with Crippen molar-refractivity contribution in [3.63, 3.8) is 0 Å². The summed E-state index contributed by atoms with van der Waals surface area (Å²) in [6, 6.07) is 7.88. The van der Waals surface area contributed by atoms with Crippen LogP contribution in [0.15, 0.2) is 30.5 Å². The quantitative estimate of drug-likeness (QED) is 0.911. The molecule has 26 heavy (non-hydrogen) atoms. The Hall–Kier alpha value is -2.83. The van der Waals surface area contributed by atoms with Crippen LogP contribution in [-0.2, 0) is 11.2 Å². The summed E-state index contributed by atoms with van der Waals surface area (Å²) in [5.41, 5.74) is 1.98. The van der Waals surface area contributed by atoms with Crippen molar-refractivity contribution >= 4 is 11.9 Å². The number of fused-ring (bicyclic) bond motifs is 1. The topological polar surface area (TPSA) is 84.7 Å². The number of benzene rings is 1. The van der Waals surface area contributed by atoms with Gasteiger partial charge in [-0.2, -0.15) is 5.10 Å². The van der Waals surface area contributed by atoms with Crippen LogP contribution in [0.4, 0.5) is 0 Å². The minimum absolute atomic E-state index is 0.0306. The highest BCUT2D eigenvalue weighted by Gasteiger charge is 2.34. The van der Waals surface area contributed by atoms with Crippen molar-refractivity contribution in [2.45, 2.75) is 38.3 Å². The van der Waals surface area contributed by atoms with Crippen LogP contribution < -0.4 is 4.74 Å². The Morgan fingerprint density at radius 1 is 1.23 bits per heavy atom. The second kappa shape index (κ2) is 6.48. The zero-order valence-electron chi connectivity index (χ0n) is 14.6. The monoisotopic (exact) mass is 355 g/mol. The molecule has 0 saturated carbocycles. The Labute approximate surface area is 151 Å². The SMILES string of the molecule is Cc1c(C(=O)O)cnn1C1CCN(C(=O)C2Cc3ccccc3O2)CC1. The molecule has 1 aromatic carbocycles. The van der Waals surface area contributed by atoms with E-state index in [2.05, 4.69) is 5.10 Å². The summed E-state index contributed by atoms with van der Waals surface area (Å²) in [6.07, 6.45) is 3.10. The molecule has 2 aliphatic rings. The van der Waals surface area contributed by atoms with E-state index in [9.17, 15) is 9.59 Å². The van der Waals surface area contributed by atoms with Crippen LogP contribution >= 0.6 is 0 Å². The van der Waals surface area contributed by atoms with Crippen LogP contribution in [0.25, 0.3) is 0 Å². The lowest BCUT2D eigenvalue weighted by atomic mass is 10.0. The number of para-hydroxylation sites is 1. The van der Waals surface area contributed by atoms with E-state index >= 15 is 0 Å². The molecule has 1 unspecified atom stereocenters. The zero-order valence-corrected chi connectivity index (χ0v) is 14.6. The number of carboxylic acid groups (broad SMARTS) is 1. The lowest BCUT2D eigenvalue weighted by Crippen LogP contribution is -2.45. The number of carbonyl (C=O) groups is 2. The lowest BCUT2D eigenvalue weighted by molar-refractivity contribution is -0.139. The van der Waals surface area contributed by atoms with E-state index in [1.807, 2.05) is 29.2 Å². The number of carbonyl (C=O) groups excluding carboxylic acids is 1. The highest BCUT2D eigenvalue weighted by atomic mass is 16.5. The largest absolute Gasteiger partial charge is 0.480 e. The number of hydrogen-bond acceptors (Lipinski definition) is 4. The minimum Gasteiger partial charge on any atom is -0.480 e. The third-order valence-electron chi connectivity index (χ3n) is 5.32. The molecular weight excluding hydrogens is 334 g/mol. The van der Waals surface area contributed by atoms with Gasteiger partial charge in [0.15, 0.2) is 6.10 Å². The number of nitrogens with zero attached hydrogens (tertiary/aromatic N) is 3. The fraction of sp³-hybridized carbons (Fsp3) is 0.421. The maximum atomic E-state index is 12.8. The molecule has 0 spiro atoms. The van der Waals surface area contributed by atoms with Gasteiger partial charge in [0.25, 0.3) is 5.91 Å². The van der Waals surface area contributed by atoms with Gasteiger partial charge in [-0.1, -0.05) is 18.2 Å². The zero-order chi connectivity index (χ0) is 18.3. The summed E-state index contributed by atoms with van der Waals surface area (Å²) < 4.78 is 7.59. The molecule has 1 atom stereocenters. The van der Waals surface area contributed by atoms with Crippen molar-refractivity contribution in [3.05, 3.63) is 47.3 Å². The van der Waals surface area contributed by atoms with Crippen LogP contribution in [-0.4, -0.2) is 50.9 Å². The molecular formula is C19H21N3O4. The smallest absolute Gasteiger partial charge is 0.339 e. The van der Waals surface area contributed by atoms with Gasteiger partial charge >= 0.3 is 5.97 Å². The number of amides is 1. The minimum atomic E-state index is -0.959. The van der Waals surface area contributed by atoms with Crippen LogP contribution in [0.5, 0.6) is 5.75 Å². The van der Waals surface area contributed by atoms with E-state index in [-0.39, 0.29) is 17.5 Å². The van der Waals surface area contributed by atoms with Crippen molar-refractivity contribution in [3.8, 4) is 5.75 Å². The maximum Gasteiger partial charge on any atom is 0.339 e. The van der Waals surface area contributed by atoms with Gasteiger partial charge < -0.3 is 14.7 Å². The highest BCUT2D eigenvalue weighted by molar-refractivity contribution is 5.88. The molecule has 1 N–H and O–H groups in total. The number of piperidine rings is 1. The molecule has 0 bridgehead atoms. The highest BCUT2D eigenvalue weighted by Crippen LogP contribution is 2.30. The molecule has 1 aromatic heterocycles. The fourth-order valence-corrected chi connectivity index (χ4v) is 3.86. The summed E-state index contributed by atoms with van der Waals surface area (Å²) in [6.45, 7) is 3.03. The summed E-state index contributed by atoms with van der Waals surface area (Å²) in [7, 11) is 0. The molecule has 1 fully saturated rings. The Kier molecular flexibility index (Phi) is 4.14. The normalized spacial score (nSPS) is 19.9. The van der Waals surface area contributed by atoms with Gasteiger partial charge in [0.1, 0.15) is 11.3 Å². The van der Waals surface area contributed by atoms with Gasteiger partial charge in [0.2, 0.25) is 0 Å². The van der Waals surface area contributed by atoms with Crippen molar-refractivity contribution in [2.24, 2.45) is 0 Å². The van der Waals surface area contributed by atoms with E-state index in [0.717, 1.165) is 24.2 Å². The number of ether oxygens (including phenoxy) is 1. The summed E-state index contributed by atoms with van der Waals surface area (Å²) in [4.78, 5) is 25.8. The van der Waals surface area contributed by atoms with E-state index < -0.39 is 12.1 Å². The average Bonchev–Trinajstić information content (AvgIpc) is 3.24. The molecule has 4 rings (SSSR count). The first-order valence-electron chi connectivity index (χ1n) is 8.85. The Balaban J connectivity index is 1.38. The van der Waals surface area contributed by atoms with Gasteiger partial charge in [-0.3, -0.25) is 9.48 Å². The molecule has 7 heteroatoms. The molecule has 1 saturated heterocycles. The van der Waals surface area contributed by atoms with Crippen LogP contribution in [0.3, 0.4) is 0 Å². The Morgan fingerprint density at radius 3 is 2.62 bits per heavy atom. The van der Waals surface area contributed by atoms with Crippen molar-refractivity contribution < 1.29 is 19.4 Å². The molecule has 2 aliphatic heterocycles. The maximum absolute atomic E-state index is 12.8. The number of aromatic carboxylic acids is 1. The third-order valence-corrected chi connectivity index (χ3v) is 5.32. The number of likely N-dealkylation sites (tertiary alicyclic amines) is 1.